The number of carbonyl (C=O) groups is 1. The van der Waals surface area contributed by atoms with E-state index in [-0.39, 0.29) is 5.91 Å². The van der Waals surface area contributed by atoms with Gasteiger partial charge in [-0.1, -0.05) is 23.7 Å². The third kappa shape index (κ3) is 4.55. The van der Waals surface area contributed by atoms with Crippen molar-refractivity contribution < 1.29 is 4.79 Å². The molecule has 6 heteroatoms. The fraction of sp³-hybridized carbons (Fsp3) is 0.105. The minimum atomic E-state index is -0.179. The van der Waals surface area contributed by atoms with Crippen LogP contribution in [-0.2, 0) is 6.54 Å². The molecule has 0 spiro atoms. The van der Waals surface area contributed by atoms with Gasteiger partial charge in [0.2, 0.25) is 0 Å². The van der Waals surface area contributed by atoms with Crippen LogP contribution in [0.5, 0.6) is 0 Å². The normalized spacial score (nSPS) is 10.3. The Morgan fingerprint density at radius 2 is 2.04 bits per heavy atom. The Morgan fingerprint density at radius 3 is 2.76 bits per heavy atom. The zero-order chi connectivity index (χ0) is 17.6. The molecule has 1 amide bonds. The molecule has 0 saturated carbocycles. The van der Waals surface area contributed by atoms with Gasteiger partial charge in [0, 0.05) is 35.8 Å². The van der Waals surface area contributed by atoms with Crippen molar-refractivity contribution in [3.05, 3.63) is 82.8 Å². The summed E-state index contributed by atoms with van der Waals surface area (Å²) in [6.07, 6.45) is 4.96. The van der Waals surface area contributed by atoms with Crippen LogP contribution in [0.2, 0.25) is 5.02 Å². The summed E-state index contributed by atoms with van der Waals surface area (Å²) in [5.74, 6) is 0.469. The molecule has 1 aromatic carbocycles. The molecular formula is C19H17ClN4O. The first-order valence-corrected chi connectivity index (χ1v) is 8.16. The molecule has 0 saturated heterocycles. The molecule has 2 N–H and O–H groups in total. The molecule has 0 unspecified atom stereocenters. The molecule has 126 valence electrons. The van der Waals surface area contributed by atoms with Crippen LogP contribution in [-0.4, -0.2) is 15.9 Å². The molecule has 5 nitrogen and oxygen atoms in total. The first-order chi connectivity index (χ1) is 12.1. The van der Waals surface area contributed by atoms with Crippen LogP contribution in [0.1, 0.15) is 21.5 Å². The number of hydrogen-bond acceptors (Lipinski definition) is 4. The predicted molar refractivity (Wildman–Crippen MR) is 99.1 cm³/mol. The molecular weight excluding hydrogens is 336 g/mol. The lowest BCUT2D eigenvalue weighted by atomic mass is 10.2. The fourth-order valence-corrected chi connectivity index (χ4v) is 2.43. The standard InChI is InChI=1S/C19H17ClN4O/c1-13-4-6-16(20)9-17(13)24-18-7-5-15(12-22-18)19(25)23-11-14-3-2-8-21-10-14/h2-10,12H,11H2,1H3,(H,22,24)(H,23,25). The van der Waals surface area contributed by atoms with E-state index in [0.717, 1.165) is 16.8 Å². The number of nitrogens with zero attached hydrogens (tertiary/aromatic N) is 2. The Labute approximate surface area is 151 Å². The van der Waals surface area contributed by atoms with Gasteiger partial charge in [0.05, 0.1) is 5.56 Å². The predicted octanol–water partition coefficient (Wildman–Crippen LogP) is 4.11. The Kier molecular flexibility index (Phi) is 5.26. The number of aryl methyl sites for hydroxylation is 1. The van der Waals surface area contributed by atoms with E-state index in [0.29, 0.717) is 22.9 Å². The number of hydrogen-bond donors (Lipinski definition) is 2. The number of anilines is 2. The van der Waals surface area contributed by atoms with Crippen molar-refractivity contribution in [1.29, 1.82) is 0 Å². The summed E-state index contributed by atoms with van der Waals surface area (Å²) in [6, 6.07) is 12.9. The molecule has 0 bridgehead atoms. The topological polar surface area (TPSA) is 66.9 Å². The molecule has 2 heterocycles. The second-order valence-electron chi connectivity index (χ2n) is 5.56. The minimum absolute atomic E-state index is 0.179. The average molecular weight is 353 g/mol. The van der Waals surface area contributed by atoms with E-state index < -0.39 is 0 Å². The van der Waals surface area contributed by atoms with Crippen LogP contribution in [0.15, 0.2) is 61.1 Å². The second kappa shape index (κ2) is 7.77. The number of halogens is 1. The summed E-state index contributed by atoms with van der Waals surface area (Å²) >= 11 is 6.02. The number of pyridine rings is 2. The van der Waals surface area contributed by atoms with Crippen molar-refractivity contribution in [2.24, 2.45) is 0 Å². The van der Waals surface area contributed by atoms with Gasteiger partial charge in [-0.3, -0.25) is 9.78 Å². The highest BCUT2D eigenvalue weighted by Crippen LogP contribution is 2.23. The maximum Gasteiger partial charge on any atom is 0.253 e. The Bertz CT molecular complexity index is 866. The van der Waals surface area contributed by atoms with E-state index in [1.807, 2.05) is 37.3 Å². The van der Waals surface area contributed by atoms with Gasteiger partial charge in [0.25, 0.3) is 5.91 Å². The Balaban J connectivity index is 1.63. The molecule has 3 aromatic rings. The summed E-state index contributed by atoms with van der Waals surface area (Å²) in [7, 11) is 0. The number of amides is 1. The molecule has 25 heavy (non-hydrogen) atoms. The van der Waals surface area contributed by atoms with Crippen molar-refractivity contribution >= 4 is 29.0 Å². The highest BCUT2D eigenvalue weighted by Gasteiger charge is 2.07. The molecule has 3 rings (SSSR count). The van der Waals surface area contributed by atoms with Crippen molar-refractivity contribution in [3.8, 4) is 0 Å². The van der Waals surface area contributed by atoms with E-state index in [4.69, 9.17) is 11.6 Å². The fourth-order valence-electron chi connectivity index (χ4n) is 2.26. The maximum atomic E-state index is 12.2. The van der Waals surface area contributed by atoms with E-state index in [9.17, 15) is 4.79 Å². The first-order valence-electron chi connectivity index (χ1n) is 7.78. The Morgan fingerprint density at radius 1 is 1.16 bits per heavy atom. The molecule has 0 aliphatic carbocycles. The first kappa shape index (κ1) is 16.9. The highest BCUT2D eigenvalue weighted by atomic mass is 35.5. The van der Waals surface area contributed by atoms with Gasteiger partial charge < -0.3 is 10.6 Å². The third-order valence-electron chi connectivity index (χ3n) is 3.66. The number of benzene rings is 1. The molecule has 0 aliphatic rings. The zero-order valence-electron chi connectivity index (χ0n) is 13.7. The van der Waals surface area contributed by atoms with E-state index in [2.05, 4.69) is 20.6 Å². The van der Waals surface area contributed by atoms with Crippen LogP contribution in [0, 0.1) is 6.92 Å². The molecule has 0 radical (unpaired) electrons. The number of nitrogens with one attached hydrogen (secondary N) is 2. The average Bonchev–Trinajstić information content (AvgIpc) is 2.64. The van der Waals surface area contributed by atoms with Crippen molar-refractivity contribution in [2.45, 2.75) is 13.5 Å². The quantitative estimate of drug-likeness (QED) is 0.725. The van der Waals surface area contributed by atoms with E-state index in [1.54, 1.807) is 30.7 Å². The molecule has 0 aliphatic heterocycles. The van der Waals surface area contributed by atoms with Gasteiger partial charge >= 0.3 is 0 Å². The second-order valence-corrected chi connectivity index (χ2v) is 6.00. The lowest BCUT2D eigenvalue weighted by Gasteiger charge is -2.10. The van der Waals surface area contributed by atoms with E-state index >= 15 is 0 Å². The summed E-state index contributed by atoms with van der Waals surface area (Å²) in [6.45, 7) is 2.41. The van der Waals surface area contributed by atoms with Crippen LogP contribution in [0.3, 0.4) is 0 Å². The number of carbonyl (C=O) groups excluding carboxylic acids is 1. The van der Waals surface area contributed by atoms with Crippen molar-refractivity contribution in [3.63, 3.8) is 0 Å². The number of aromatic nitrogens is 2. The zero-order valence-corrected chi connectivity index (χ0v) is 14.4. The highest BCUT2D eigenvalue weighted by molar-refractivity contribution is 6.30. The van der Waals surface area contributed by atoms with Gasteiger partial charge in [-0.25, -0.2) is 4.98 Å². The maximum absolute atomic E-state index is 12.2. The van der Waals surface area contributed by atoms with Crippen molar-refractivity contribution in [2.75, 3.05) is 5.32 Å². The van der Waals surface area contributed by atoms with Gasteiger partial charge in [0.15, 0.2) is 0 Å². The lowest BCUT2D eigenvalue weighted by Crippen LogP contribution is -2.22. The van der Waals surface area contributed by atoms with Crippen LogP contribution >= 0.6 is 11.6 Å². The van der Waals surface area contributed by atoms with E-state index in [1.165, 1.54) is 0 Å². The van der Waals surface area contributed by atoms with Gasteiger partial charge in [-0.15, -0.1) is 0 Å². The summed E-state index contributed by atoms with van der Waals surface area (Å²) in [5.41, 5.74) is 3.38. The van der Waals surface area contributed by atoms with Gasteiger partial charge in [-0.2, -0.15) is 0 Å². The largest absolute Gasteiger partial charge is 0.348 e. The monoisotopic (exact) mass is 352 g/mol. The third-order valence-corrected chi connectivity index (χ3v) is 3.90. The number of rotatable bonds is 5. The van der Waals surface area contributed by atoms with Crippen LogP contribution in [0.25, 0.3) is 0 Å². The summed E-state index contributed by atoms with van der Waals surface area (Å²) < 4.78 is 0. The van der Waals surface area contributed by atoms with Crippen LogP contribution < -0.4 is 10.6 Å². The molecule has 2 aromatic heterocycles. The van der Waals surface area contributed by atoms with Gasteiger partial charge in [-0.05, 0) is 48.4 Å². The SMILES string of the molecule is Cc1ccc(Cl)cc1Nc1ccc(C(=O)NCc2cccnc2)cn1. The molecule has 0 fully saturated rings. The summed E-state index contributed by atoms with van der Waals surface area (Å²) in [4.78, 5) is 20.5. The van der Waals surface area contributed by atoms with Gasteiger partial charge in [0.1, 0.15) is 5.82 Å². The lowest BCUT2D eigenvalue weighted by molar-refractivity contribution is 0.0950. The Hall–Kier alpha value is -2.92. The summed E-state index contributed by atoms with van der Waals surface area (Å²) in [5, 5.41) is 6.70. The van der Waals surface area contributed by atoms with Crippen LogP contribution in [0.4, 0.5) is 11.5 Å². The minimum Gasteiger partial charge on any atom is -0.348 e. The smallest absolute Gasteiger partial charge is 0.253 e. The van der Waals surface area contributed by atoms with Crippen molar-refractivity contribution in [1.82, 2.24) is 15.3 Å². The molecule has 0 atom stereocenters.